The van der Waals surface area contributed by atoms with Crippen molar-refractivity contribution in [1.82, 2.24) is 0 Å². The van der Waals surface area contributed by atoms with Gasteiger partial charge in [0.2, 0.25) is 0 Å². The number of rotatable bonds is 69. The number of hydrogen-bond donors (Lipinski definition) is 0. The van der Waals surface area contributed by atoms with Crippen molar-refractivity contribution < 1.29 is 28.6 Å². The van der Waals surface area contributed by atoms with Gasteiger partial charge in [-0.1, -0.05) is 333 Å². The van der Waals surface area contributed by atoms with E-state index in [-0.39, 0.29) is 31.1 Å². The number of carbonyl (C=O) groups is 3. The molecule has 0 aromatic carbocycles. The molecule has 0 radical (unpaired) electrons. The van der Waals surface area contributed by atoms with E-state index in [4.69, 9.17) is 14.2 Å². The molecule has 0 saturated heterocycles. The number of carbonyl (C=O) groups excluding carboxylic acids is 3. The molecule has 1 unspecified atom stereocenters. The van der Waals surface area contributed by atoms with Crippen molar-refractivity contribution in [3.05, 3.63) is 48.6 Å². The summed E-state index contributed by atoms with van der Waals surface area (Å²) < 4.78 is 17.0. The molecule has 0 N–H and O–H groups in total. The number of hydrogen-bond acceptors (Lipinski definition) is 6. The van der Waals surface area contributed by atoms with E-state index in [9.17, 15) is 14.4 Å². The highest BCUT2D eigenvalue weighted by molar-refractivity contribution is 5.71. The van der Waals surface area contributed by atoms with Crippen LogP contribution in [0.1, 0.15) is 406 Å². The van der Waals surface area contributed by atoms with Gasteiger partial charge in [-0.15, -0.1) is 0 Å². The predicted molar refractivity (Wildman–Crippen MR) is 362 cm³/mol. The summed E-state index contributed by atoms with van der Waals surface area (Å²) in [6, 6.07) is 0. The Morgan fingerprint density at radius 2 is 0.434 bits per heavy atom. The molecular formula is C77H142O6. The molecule has 0 fully saturated rings. The predicted octanol–water partition coefficient (Wildman–Crippen LogP) is 25.7. The Morgan fingerprint density at radius 1 is 0.241 bits per heavy atom. The molecule has 0 rings (SSSR count). The summed E-state index contributed by atoms with van der Waals surface area (Å²) >= 11 is 0. The lowest BCUT2D eigenvalue weighted by atomic mass is 10.0. The van der Waals surface area contributed by atoms with Crippen LogP contribution in [-0.4, -0.2) is 37.2 Å². The van der Waals surface area contributed by atoms with E-state index in [1.165, 1.54) is 302 Å². The topological polar surface area (TPSA) is 78.9 Å². The summed E-state index contributed by atoms with van der Waals surface area (Å²) in [4.78, 5) is 38.6. The van der Waals surface area contributed by atoms with Crippen LogP contribution >= 0.6 is 0 Å². The smallest absolute Gasteiger partial charge is 0.306 e. The molecule has 6 nitrogen and oxygen atoms in total. The van der Waals surface area contributed by atoms with Crippen molar-refractivity contribution >= 4 is 17.9 Å². The standard InChI is InChI=1S/C77H142O6/c1-4-7-10-13-16-19-22-25-28-31-34-37-38-41-43-46-49-52-55-58-61-64-67-70-76(79)82-73-74(83-77(80)71-68-65-62-59-56-53-50-47-44-40-36-33-30-27-24-21-18-15-12-9-6-3)72-81-75(78)69-66-63-60-57-54-51-48-45-42-39-35-32-29-26-23-20-17-14-11-8-5-2/h22,25,31-36,74H,4-21,23-24,26-30,37-73H2,1-3H3/b25-22-,34-31-,35-32-,36-33-. The molecule has 0 aliphatic heterocycles. The molecule has 0 heterocycles. The fraction of sp³-hybridized carbons (Fsp3) is 0.857. The molecular weight excluding hydrogens is 1020 g/mol. The Morgan fingerprint density at radius 3 is 0.675 bits per heavy atom. The fourth-order valence-corrected chi connectivity index (χ4v) is 11.2. The number of allylic oxidation sites excluding steroid dienone is 8. The first-order valence-electron chi connectivity index (χ1n) is 37.1. The zero-order valence-electron chi connectivity index (χ0n) is 56.0. The molecule has 0 amide bonds. The van der Waals surface area contributed by atoms with Crippen LogP contribution in [0.2, 0.25) is 0 Å². The van der Waals surface area contributed by atoms with Crippen LogP contribution in [0, 0.1) is 0 Å². The van der Waals surface area contributed by atoms with Crippen LogP contribution in [0.15, 0.2) is 48.6 Å². The van der Waals surface area contributed by atoms with E-state index in [1.807, 2.05) is 0 Å². The Hall–Kier alpha value is -2.63. The Balaban J connectivity index is 4.34. The maximum Gasteiger partial charge on any atom is 0.306 e. The van der Waals surface area contributed by atoms with Crippen LogP contribution in [0.4, 0.5) is 0 Å². The normalized spacial score (nSPS) is 12.3. The number of unbranched alkanes of at least 4 members (excludes halogenated alkanes) is 50. The quantitative estimate of drug-likeness (QED) is 0.0261. The van der Waals surface area contributed by atoms with E-state index < -0.39 is 6.10 Å². The van der Waals surface area contributed by atoms with Gasteiger partial charge in [-0.2, -0.15) is 0 Å². The molecule has 1 atom stereocenters. The molecule has 6 heteroatoms. The van der Waals surface area contributed by atoms with E-state index in [0.717, 1.165) is 64.2 Å². The van der Waals surface area contributed by atoms with E-state index >= 15 is 0 Å². The summed E-state index contributed by atoms with van der Waals surface area (Å²) in [5, 5.41) is 0. The average Bonchev–Trinajstić information content (AvgIpc) is 3.49. The third-order valence-electron chi connectivity index (χ3n) is 16.8. The first-order chi connectivity index (χ1) is 41.0. The van der Waals surface area contributed by atoms with Gasteiger partial charge in [-0.25, -0.2) is 0 Å². The monoisotopic (exact) mass is 1160 g/mol. The minimum atomic E-state index is -0.777. The molecule has 0 aliphatic carbocycles. The van der Waals surface area contributed by atoms with Gasteiger partial charge < -0.3 is 14.2 Å². The summed E-state index contributed by atoms with van der Waals surface area (Å²) in [6.45, 7) is 6.70. The number of ether oxygens (including phenoxy) is 3. The van der Waals surface area contributed by atoms with Gasteiger partial charge in [0.25, 0.3) is 0 Å². The molecule has 0 aromatic rings. The van der Waals surface area contributed by atoms with Gasteiger partial charge in [0.1, 0.15) is 13.2 Å². The lowest BCUT2D eigenvalue weighted by Crippen LogP contribution is -2.30. The van der Waals surface area contributed by atoms with Gasteiger partial charge in [-0.3, -0.25) is 14.4 Å². The summed E-state index contributed by atoms with van der Waals surface area (Å²) in [6.07, 6.45) is 91.4. The lowest BCUT2D eigenvalue weighted by Gasteiger charge is -2.18. The molecule has 0 bridgehead atoms. The molecule has 0 aliphatic rings. The van der Waals surface area contributed by atoms with E-state index in [2.05, 4.69) is 69.4 Å². The Kier molecular flexibility index (Phi) is 69.6. The highest BCUT2D eigenvalue weighted by Crippen LogP contribution is 2.18. The second-order valence-electron chi connectivity index (χ2n) is 25.2. The first-order valence-corrected chi connectivity index (χ1v) is 37.1. The van der Waals surface area contributed by atoms with Crippen molar-refractivity contribution in [2.24, 2.45) is 0 Å². The van der Waals surface area contributed by atoms with E-state index in [0.29, 0.717) is 19.3 Å². The Bertz CT molecular complexity index is 1430. The average molecular weight is 1160 g/mol. The Labute approximate surface area is 518 Å². The maximum absolute atomic E-state index is 13.0. The van der Waals surface area contributed by atoms with E-state index in [1.54, 1.807) is 0 Å². The summed E-state index contributed by atoms with van der Waals surface area (Å²) in [5.41, 5.74) is 0. The zero-order chi connectivity index (χ0) is 59.9. The van der Waals surface area contributed by atoms with Crippen molar-refractivity contribution in [2.75, 3.05) is 13.2 Å². The van der Waals surface area contributed by atoms with Gasteiger partial charge in [0.05, 0.1) is 0 Å². The van der Waals surface area contributed by atoms with Crippen LogP contribution in [0.5, 0.6) is 0 Å². The van der Waals surface area contributed by atoms with Crippen LogP contribution in [0.25, 0.3) is 0 Å². The third-order valence-corrected chi connectivity index (χ3v) is 16.8. The molecule has 0 spiro atoms. The van der Waals surface area contributed by atoms with Gasteiger partial charge in [0, 0.05) is 19.3 Å². The maximum atomic E-state index is 13.0. The SMILES string of the molecule is CCCCCCC/C=C\C/C=C\CCCCCCCCCCCCCC(=O)OCC(COC(=O)CCCCCCCCCCC/C=C\CCCCCCCCCC)OC(=O)CCCCCCCCCCC/C=C\CCCCCCCCCC. The van der Waals surface area contributed by atoms with Crippen LogP contribution in [0.3, 0.4) is 0 Å². The fourth-order valence-electron chi connectivity index (χ4n) is 11.2. The highest BCUT2D eigenvalue weighted by atomic mass is 16.6. The third kappa shape index (κ3) is 70.0. The summed E-state index contributed by atoms with van der Waals surface area (Å²) in [7, 11) is 0. The second kappa shape index (κ2) is 71.8. The van der Waals surface area contributed by atoms with Gasteiger partial charge in [-0.05, 0) is 103 Å². The minimum Gasteiger partial charge on any atom is -0.462 e. The first kappa shape index (κ1) is 80.4. The van der Waals surface area contributed by atoms with Crippen LogP contribution in [-0.2, 0) is 28.6 Å². The van der Waals surface area contributed by atoms with Gasteiger partial charge in [0.15, 0.2) is 6.10 Å². The molecule has 0 saturated carbocycles. The largest absolute Gasteiger partial charge is 0.462 e. The highest BCUT2D eigenvalue weighted by Gasteiger charge is 2.19. The number of esters is 3. The lowest BCUT2D eigenvalue weighted by molar-refractivity contribution is -0.167. The van der Waals surface area contributed by atoms with Crippen molar-refractivity contribution in [2.45, 2.75) is 412 Å². The van der Waals surface area contributed by atoms with Crippen molar-refractivity contribution in [1.29, 1.82) is 0 Å². The van der Waals surface area contributed by atoms with Crippen molar-refractivity contribution in [3.8, 4) is 0 Å². The molecule has 83 heavy (non-hydrogen) atoms. The molecule has 0 aromatic heterocycles. The second-order valence-corrected chi connectivity index (χ2v) is 25.2. The molecule has 486 valence electrons. The van der Waals surface area contributed by atoms with Crippen molar-refractivity contribution in [3.63, 3.8) is 0 Å². The zero-order valence-corrected chi connectivity index (χ0v) is 56.0. The summed E-state index contributed by atoms with van der Waals surface area (Å²) in [5.74, 6) is -0.849. The van der Waals surface area contributed by atoms with Crippen LogP contribution < -0.4 is 0 Å². The minimum absolute atomic E-state index is 0.0721. The van der Waals surface area contributed by atoms with Gasteiger partial charge >= 0.3 is 17.9 Å².